The van der Waals surface area contributed by atoms with E-state index in [-0.39, 0.29) is 20.7 Å². The number of hydrogen-bond donors (Lipinski definition) is 1. The molecule has 1 N–H and O–H groups in total. The van der Waals surface area contributed by atoms with Crippen LogP contribution in [-0.4, -0.2) is 17.2 Å². The van der Waals surface area contributed by atoms with E-state index in [1.807, 2.05) is 53.7 Å². The van der Waals surface area contributed by atoms with Gasteiger partial charge in [-0.2, -0.15) is 0 Å². The first-order chi connectivity index (χ1) is 14.2. The van der Waals surface area contributed by atoms with Crippen molar-refractivity contribution in [3.8, 4) is 0 Å². The second kappa shape index (κ2) is 8.83. The van der Waals surface area contributed by atoms with Crippen LogP contribution in [0, 0.1) is 0 Å². The molecule has 0 unspecified atom stereocenters. The lowest BCUT2D eigenvalue weighted by molar-refractivity contribution is 0.180. The molecular weight excluding hydrogens is 448 g/mol. The van der Waals surface area contributed by atoms with Crippen molar-refractivity contribution in [3.05, 3.63) is 28.8 Å². The summed E-state index contributed by atoms with van der Waals surface area (Å²) in [6.07, 6.45) is 0. The maximum atomic E-state index is 16.3. The smallest absolute Gasteiger partial charge is 0.286 e. The van der Waals surface area contributed by atoms with Gasteiger partial charge in [0.25, 0.3) is 0 Å². The van der Waals surface area contributed by atoms with Gasteiger partial charge in [0.1, 0.15) is 0 Å². The zero-order valence-electron chi connectivity index (χ0n) is 24.3. The molecule has 1 aromatic carbocycles. The quantitative estimate of drug-likeness (QED) is 0.255. The zero-order chi connectivity index (χ0) is 26.6. The lowest BCUT2D eigenvalue weighted by Crippen LogP contribution is -2.65. The van der Waals surface area contributed by atoms with Crippen molar-refractivity contribution >= 4 is 22.4 Å². The van der Waals surface area contributed by atoms with E-state index >= 15 is 8.22 Å². The van der Waals surface area contributed by atoms with Crippen molar-refractivity contribution in [2.75, 3.05) is 0 Å². The van der Waals surface area contributed by atoms with E-state index in [0.29, 0.717) is 11.1 Å². The lowest BCUT2D eigenvalue weighted by Gasteiger charge is -2.49. The van der Waals surface area contributed by atoms with Crippen molar-refractivity contribution in [2.45, 2.75) is 137 Å². The second-order valence-corrected chi connectivity index (χ2v) is 22.2. The topological polar surface area (TPSA) is 21.3 Å². The second-order valence-electron chi connectivity index (χ2n) is 15.0. The molecule has 0 bridgehead atoms. The zero-order valence-corrected chi connectivity index (χ0v) is 26.3. The van der Waals surface area contributed by atoms with Gasteiger partial charge >= 0.3 is 8.99 Å². The maximum Gasteiger partial charge on any atom is 0.631 e. The molecule has 0 amide bonds. The minimum atomic E-state index is -5.31. The van der Waals surface area contributed by atoms with Gasteiger partial charge in [-0.25, -0.2) is 13.4 Å². The largest absolute Gasteiger partial charge is 0.631 e. The number of hydrogen-bond acceptors (Lipinski definition) is 2. The van der Waals surface area contributed by atoms with Crippen LogP contribution in [0.2, 0.25) is 16.6 Å². The molecule has 0 aliphatic heterocycles. The summed E-state index contributed by atoms with van der Waals surface area (Å²) >= 11 is 0. The van der Waals surface area contributed by atoms with Crippen LogP contribution < -0.4 is 10.3 Å². The van der Waals surface area contributed by atoms with Gasteiger partial charge in [-0.1, -0.05) is 123 Å². The van der Waals surface area contributed by atoms with Crippen molar-refractivity contribution in [1.82, 2.24) is 5.15 Å². The number of nitrogens with one attached hydrogen (secondary N) is 1. The fourth-order valence-corrected chi connectivity index (χ4v) is 10.0. The van der Waals surface area contributed by atoms with Crippen molar-refractivity contribution in [2.24, 2.45) is 0 Å². The Hall–Kier alpha value is -0.566. The molecule has 192 valence electrons. The van der Waals surface area contributed by atoms with Gasteiger partial charge < -0.3 is 0 Å². The molecule has 1 rings (SSSR count). The van der Waals surface area contributed by atoms with E-state index in [2.05, 4.69) is 74.0 Å². The van der Waals surface area contributed by atoms with Crippen molar-refractivity contribution in [1.29, 1.82) is 0 Å². The van der Waals surface area contributed by atoms with Crippen LogP contribution in [-0.2, 0) is 20.8 Å². The number of rotatable bonds is 4. The van der Waals surface area contributed by atoms with E-state index in [1.54, 1.807) is 0 Å². The van der Waals surface area contributed by atoms with Crippen LogP contribution in [0.1, 0.15) is 121 Å². The molecule has 0 radical (unpaired) electrons. The third-order valence-electron chi connectivity index (χ3n) is 7.29. The van der Waals surface area contributed by atoms with Crippen LogP contribution in [0.25, 0.3) is 0 Å². The Bertz CT molecular complexity index is 796. The highest BCUT2D eigenvalue weighted by Gasteiger charge is 2.55. The molecule has 2 nitrogen and oxygen atoms in total. The molecule has 33 heavy (non-hydrogen) atoms. The summed E-state index contributed by atoms with van der Waals surface area (Å²) in [5.74, 6) is 0. The van der Waals surface area contributed by atoms with Crippen LogP contribution >= 0.6 is 0 Å². The third kappa shape index (κ3) is 6.56. The summed E-state index contributed by atoms with van der Waals surface area (Å²) in [7, 11) is -7.79. The first kappa shape index (κ1) is 30.5. The number of halogens is 2. The standard InChI is InChI=1S/C27H51F2NOSi2/c1-23(2,3)19-17-20(24(4,5)6)22(21(18-19)25(7,8)9)33(28,29)31-30-32(16,26(10,11)12)27(13,14)15/h17-18,30H,1-16H3. The molecule has 0 saturated heterocycles. The molecular formula is C27H51F2NOSi2. The minimum absolute atomic E-state index is 0.140. The van der Waals surface area contributed by atoms with Gasteiger partial charge in [-0.05, 0) is 43.0 Å². The normalized spacial score (nSPS) is 15.2. The van der Waals surface area contributed by atoms with Crippen LogP contribution in [0.3, 0.4) is 0 Å². The van der Waals surface area contributed by atoms with Crippen molar-refractivity contribution < 1.29 is 12.7 Å². The van der Waals surface area contributed by atoms with E-state index in [0.717, 1.165) is 5.56 Å². The van der Waals surface area contributed by atoms with Crippen LogP contribution in [0.5, 0.6) is 0 Å². The molecule has 0 atom stereocenters. The summed E-state index contributed by atoms with van der Waals surface area (Å²) in [5.41, 5.74) is 1.47. The molecule has 6 heteroatoms. The predicted molar refractivity (Wildman–Crippen MR) is 145 cm³/mol. The van der Waals surface area contributed by atoms with E-state index in [9.17, 15) is 0 Å². The van der Waals surface area contributed by atoms with Crippen LogP contribution in [0.4, 0.5) is 8.22 Å². The first-order valence-corrected chi connectivity index (χ1v) is 16.4. The molecule has 0 aliphatic rings. The van der Waals surface area contributed by atoms with Gasteiger partial charge in [0, 0.05) is 5.19 Å². The summed E-state index contributed by atoms with van der Waals surface area (Å²) in [4.78, 5) is 0. The summed E-state index contributed by atoms with van der Waals surface area (Å²) in [5, 5.41) is 2.89. The van der Waals surface area contributed by atoms with Gasteiger partial charge in [0.2, 0.25) is 0 Å². The van der Waals surface area contributed by atoms with Gasteiger partial charge in [-0.3, -0.25) is 4.53 Å². The van der Waals surface area contributed by atoms with E-state index in [4.69, 9.17) is 4.53 Å². The fourth-order valence-electron chi connectivity index (χ4n) is 4.22. The fraction of sp³-hybridized carbons (Fsp3) is 0.778. The van der Waals surface area contributed by atoms with Gasteiger partial charge in [0.05, 0.1) is 0 Å². The highest BCUT2D eigenvalue weighted by Crippen LogP contribution is 2.49. The van der Waals surface area contributed by atoms with E-state index < -0.39 is 28.1 Å². The van der Waals surface area contributed by atoms with Gasteiger partial charge in [-0.15, -0.1) is 0 Å². The van der Waals surface area contributed by atoms with Crippen molar-refractivity contribution in [3.63, 3.8) is 0 Å². The highest BCUT2D eigenvalue weighted by atomic mass is 28.4. The van der Waals surface area contributed by atoms with Gasteiger partial charge in [0.15, 0.2) is 8.24 Å². The average molecular weight is 500 g/mol. The SMILES string of the molecule is CC(C)(C)c1cc(C(C)(C)C)c([Si](F)(F)ON[Si](C)(C(C)(C)C)C(C)(C)C)c(C(C)(C)C)c1. The Balaban J connectivity index is 3.85. The molecule has 0 aliphatic carbocycles. The molecule has 0 fully saturated rings. The van der Waals surface area contributed by atoms with Crippen LogP contribution in [0.15, 0.2) is 12.1 Å². The monoisotopic (exact) mass is 499 g/mol. The molecule has 0 aromatic heterocycles. The molecule has 0 saturated carbocycles. The Morgan fingerprint density at radius 3 is 1.21 bits per heavy atom. The average Bonchev–Trinajstić information content (AvgIpc) is 2.54. The Morgan fingerprint density at radius 2 is 0.970 bits per heavy atom. The predicted octanol–water partition coefficient (Wildman–Crippen LogP) is 8.36. The Labute approximate surface area is 205 Å². The summed E-state index contributed by atoms with van der Waals surface area (Å²) in [6.45, 7) is 33.4. The Morgan fingerprint density at radius 1 is 0.636 bits per heavy atom. The highest BCUT2D eigenvalue weighted by molar-refractivity contribution is 6.82. The van der Waals surface area contributed by atoms with E-state index in [1.165, 1.54) is 0 Å². The molecule has 1 aromatic rings. The summed E-state index contributed by atoms with van der Waals surface area (Å²) < 4.78 is 38.3. The first-order valence-electron chi connectivity index (χ1n) is 12.2. The molecule has 0 heterocycles. The number of benzene rings is 1. The summed E-state index contributed by atoms with van der Waals surface area (Å²) in [6, 6.07) is 4.00. The lowest BCUT2D eigenvalue weighted by atomic mass is 9.75. The maximum absolute atomic E-state index is 16.3. The Kier molecular flexibility index (Phi) is 8.15. The third-order valence-corrected chi connectivity index (χ3v) is 15.5. The molecule has 0 spiro atoms. The minimum Gasteiger partial charge on any atom is -0.286 e.